The molecule has 1 amide bonds. The maximum atomic E-state index is 11.3. The Morgan fingerprint density at radius 1 is 1.43 bits per heavy atom. The third-order valence-electron chi connectivity index (χ3n) is 2.85. The third-order valence-corrected chi connectivity index (χ3v) is 2.85. The van der Waals surface area contributed by atoms with Crippen molar-refractivity contribution in [2.24, 2.45) is 0 Å². The predicted octanol–water partition coefficient (Wildman–Crippen LogP) is 1.39. The van der Waals surface area contributed by atoms with Crippen molar-refractivity contribution < 1.29 is 4.79 Å². The first kappa shape index (κ1) is 9.06. The van der Waals surface area contributed by atoms with E-state index < -0.39 is 0 Å². The smallest absolute Gasteiger partial charge is 0.247 e. The van der Waals surface area contributed by atoms with Gasteiger partial charge in [-0.2, -0.15) is 0 Å². The van der Waals surface area contributed by atoms with Crippen LogP contribution < -0.4 is 5.32 Å². The number of carbonyl (C=O) groups is 1. The molecule has 0 spiro atoms. The van der Waals surface area contributed by atoms with Gasteiger partial charge >= 0.3 is 0 Å². The highest BCUT2D eigenvalue weighted by atomic mass is 16.2. The number of amides is 1. The Kier molecular flexibility index (Phi) is 2.15. The molecule has 1 aromatic heterocycles. The summed E-state index contributed by atoms with van der Waals surface area (Å²) in [5.41, 5.74) is 3.18. The van der Waals surface area contributed by atoms with Gasteiger partial charge in [-0.05, 0) is 31.6 Å². The molecule has 1 aliphatic heterocycles. The molecule has 2 N–H and O–H groups in total. The van der Waals surface area contributed by atoms with Gasteiger partial charge in [0.2, 0.25) is 5.91 Å². The molecule has 0 bridgehead atoms. The van der Waals surface area contributed by atoms with E-state index in [2.05, 4.69) is 10.3 Å². The van der Waals surface area contributed by atoms with Crippen molar-refractivity contribution in [2.45, 2.75) is 26.3 Å². The lowest BCUT2D eigenvalue weighted by Crippen LogP contribution is -2.30. The van der Waals surface area contributed by atoms with Crippen LogP contribution in [0.3, 0.4) is 0 Å². The molecule has 1 aliphatic rings. The van der Waals surface area contributed by atoms with Crippen LogP contribution in [0.1, 0.15) is 19.5 Å². The maximum absolute atomic E-state index is 11.3. The molecule has 0 saturated heterocycles. The summed E-state index contributed by atoms with van der Waals surface area (Å²) in [5.74, 6) is 0.0686. The lowest BCUT2D eigenvalue weighted by Gasteiger charge is -2.10. The number of carbonyl (C=O) groups excluding carboxylic acids is 1. The third kappa shape index (κ3) is 1.45. The van der Waals surface area contributed by atoms with Gasteiger partial charge in [-0.25, -0.2) is 0 Å². The number of H-pyrrole nitrogens is 1. The monoisotopic (exact) mass is 190 g/mol. The molecule has 0 radical (unpaired) electrons. The summed E-state index contributed by atoms with van der Waals surface area (Å²) >= 11 is 0. The zero-order valence-electron chi connectivity index (χ0n) is 8.42. The van der Waals surface area contributed by atoms with Crippen LogP contribution in [0.5, 0.6) is 0 Å². The molecular formula is C11H14N2O. The molecule has 0 aliphatic carbocycles. The summed E-state index contributed by atoms with van der Waals surface area (Å²) in [7, 11) is 0. The van der Waals surface area contributed by atoms with Crippen molar-refractivity contribution in [2.75, 3.05) is 0 Å². The van der Waals surface area contributed by atoms with Gasteiger partial charge in [0.1, 0.15) is 0 Å². The highest BCUT2D eigenvalue weighted by Crippen LogP contribution is 2.18. The molecule has 2 heterocycles. The Balaban J connectivity index is 2.12. The minimum Gasteiger partial charge on any atom is -0.365 e. The van der Waals surface area contributed by atoms with Crippen LogP contribution >= 0.6 is 0 Å². The molecule has 1 aromatic rings. The van der Waals surface area contributed by atoms with Crippen molar-refractivity contribution in [1.29, 1.82) is 0 Å². The normalized spacial score (nSPS) is 21.6. The molecule has 3 heteroatoms. The Hall–Kier alpha value is -1.51. The number of rotatable bonds is 2. The topological polar surface area (TPSA) is 44.9 Å². The summed E-state index contributed by atoms with van der Waals surface area (Å²) < 4.78 is 0. The summed E-state index contributed by atoms with van der Waals surface area (Å²) in [4.78, 5) is 14.5. The van der Waals surface area contributed by atoms with E-state index in [-0.39, 0.29) is 11.9 Å². The quantitative estimate of drug-likeness (QED) is 0.727. The Morgan fingerprint density at radius 2 is 2.21 bits per heavy atom. The van der Waals surface area contributed by atoms with Crippen LogP contribution in [0.2, 0.25) is 0 Å². The molecule has 0 fully saturated rings. The van der Waals surface area contributed by atoms with Gasteiger partial charge < -0.3 is 10.3 Å². The number of hydrogen-bond donors (Lipinski definition) is 2. The second-order valence-electron chi connectivity index (χ2n) is 3.73. The lowest BCUT2D eigenvalue weighted by molar-refractivity contribution is -0.117. The number of aromatic amines is 1. The SMILES string of the molecule is CC1=C(C)C(Cc2ccc[nH]2)NC1=O. The van der Waals surface area contributed by atoms with Crippen LogP contribution in [0, 0.1) is 0 Å². The summed E-state index contributed by atoms with van der Waals surface area (Å²) in [5, 5.41) is 2.96. The highest BCUT2D eigenvalue weighted by molar-refractivity contribution is 5.96. The first-order valence-electron chi connectivity index (χ1n) is 4.79. The fourth-order valence-electron chi connectivity index (χ4n) is 1.73. The zero-order valence-corrected chi connectivity index (χ0v) is 8.42. The van der Waals surface area contributed by atoms with E-state index in [1.807, 2.05) is 32.2 Å². The summed E-state index contributed by atoms with van der Waals surface area (Å²) in [6.07, 6.45) is 2.75. The summed E-state index contributed by atoms with van der Waals surface area (Å²) in [6, 6.07) is 4.17. The van der Waals surface area contributed by atoms with E-state index in [0.717, 1.165) is 23.3 Å². The van der Waals surface area contributed by atoms with Crippen LogP contribution in [-0.2, 0) is 11.2 Å². The average Bonchev–Trinajstić information content (AvgIpc) is 2.73. The molecule has 1 atom stereocenters. The Bertz CT molecular complexity index is 376. The van der Waals surface area contributed by atoms with Crippen LogP contribution in [0.25, 0.3) is 0 Å². The van der Waals surface area contributed by atoms with Crippen LogP contribution in [0.15, 0.2) is 29.5 Å². The van der Waals surface area contributed by atoms with Gasteiger partial charge in [0.15, 0.2) is 0 Å². The molecule has 74 valence electrons. The fraction of sp³-hybridized carbons (Fsp3) is 0.364. The van der Waals surface area contributed by atoms with Crippen LogP contribution in [-0.4, -0.2) is 16.9 Å². The fourth-order valence-corrected chi connectivity index (χ4v) is 1.73. The van der Waals surface area contributed by atoms with Crippen molar-refractivity contribution >= 4 is 5.91 Å². The van der Waals surface area contributed by atoms with Gasteiger partial charge in [-0.3, -0.25) is 4.79 Å². The molecule has 0 aromatic carbocycles. The second-order valence-corrected chi connectivity index (χ2v) is 3.73. The second kappa shape index (κ2) is 3.33. The van der Waals surface area contributed by atoms with Crippen molar-refractivity contribution in [3.8, 4) is 0 Å². The largest absolute Gasteiger partial charge is 0.365 e. The predicted molar refractivity (Wildman–Crippen MR) is 54.8 cm³/mol. The molecular weight excluding hydrogens is 176 g/mol. The first-order valence-corrected chi connectivity index (χ1v) is 4.79. The first-order chi connectivity index (χ1) is 6.68. The zero-order chi connectivity index (χ0) is 10.1. The molecule has 0 saturated carbocycles. The van der Waals surface area contributed by atoms with E-state index >= 15 is 0 Å². The molecule has 2 rings (SSSR count). The van der Waals surface area contributed by atoms with Gasteiger partial charge in [-0.1, -0.05) is 0 Å². The van der Waals surface area contributed by atoms with Gasteiger partial charge in [0, 0.05) is 23.9 Å². The average molecular weight is 190 g/mol. The molecule has 3 nitrogen and oxygen atoms in total. The van der Waals surface area contributed by atoms with E-state index in [1.54, 1.807) is 0 Å². The van der Waals surface area contributed by atoms with Gasteiger partial charge in [0.25, 0.3) is 0 Å². The number of hydrogen-bond acceptors (Lipinski definition) is 1. The van der Waals surface area contributed by atoms with Gasteiger partial charge in [0.05, 0.1) is 6.04 Å². The molecule has 1 unspecified atom stereocenters. The van der Waals surface area contributed by atoms with Crippen molar-refractivity contribution in [3.05, 3.63) is 35.2 Å². The minimum atomic E-state index is 0.0686. The van der Waals surface area contributed by atoms with E-state index in [0.29, 0.717) is 0 Å². The molecule has 14 heavy (non-hydrogen) atoms. The lowest BCUT2D eigenvalue weighted by atomic mass is 10.0. The Labute approximate surface area is 83.2 Å². The Morgan fingerprint density at radius 3 is 2.71 bits per heavy atom. The maximum Gasteiger partial charge on any atom is 0.247 e. The number of aromatic nitrogens is 1. The van der Waals surface area contributed by atoms with Crippen LogP contribution in [0.4, 0.5) is 0 Å². The van der Waals surface area contributed by atoms with Crippen molar-refractivity contribution in [3.63, 3.8) is 0 Å². The van der Waals surface area contributed by atoms with E-state index in [4.69, 9.17) is 0 Å². The summed E-state index contributed by atoms with van der Waals surface area (Å²) in [6.45, 7) is 3.89. The minimum absolute atomic E-state index is 0.0686. The van der Waals surface area contributed by atoms with E-state index in [9.17, 15) is 4.79 Å². The van der Waals surface area contributed by atoms with E-state index in [1.165, 1.54) is 0 Å². The highest BCUT2D eigenvalue weighted by Gasteiger charge is 2.25. The standard InChI is InChI=1S/C11H14N2O/c1-7-8(2)11(14)13-10(7)6-9-4-3-5-12-9/h3-5,10,12H,6H2,1-2H3,(H,13,14). The van der Waals surface area contributed by atoms with Crippen molar-refractivity contribution in [1.82, 2.24) is 10.3 Å². The number of nitrogens with one attached hydrogen (secondary N) is 2. The van der Waals surface area contributed by atoms with Gasteiger partial charge in [-0.15, -0.1) is 0 Å².